The Hall–Kier alpha value is -1.80. The van der Waals surface area contributed by atoms with Crippen molar-refractivity contribution in [3.8, 4) is 5.75 Å². The first-order valence-corrected chi connectivity index (χ1v) is 8.09. The summed E-state index contributed by atoms with van der Waals surface area (Å²) in [6.45, 7) is 3.01. The molecule has 0 unspecified atom stereocenters. The second-order valence-electron chi connectivity index (χ2n) is 4.84. The fourth-order valence-electron chi connectivity index (χ4n) is 1.70. The van der Waals surface area contributed by atoms with Crippen molar-refractivity contribution in [3.63, 3.8) is 0 Å². The van der Waals surface area contributed by atoms with Crippen LogP contribution in [0.1, 0.15) is 13.8 Å². The summed E-state index contributed by atoms with van der Waals surface area (Å²) >= 11 is 0. The van der Waals surface area contributed by atoms with Crippen LogP contribution in [0.3, 0.4) is 0 Å². The zero-order chi connectivity index (χ0) is 16.0. The van der Waals surface area contributed by atoms with Crippen molar-refractivity contribution >= 4 is 21.6 Å². The number of nitrogens with zero attached hydrogens (tertiary/aromatic N) is 1. The number of primary amides is 1. The highest BCUT2D eigenvalue weighted by molar-refractivity contribution is 7.89. The third-order valence-corrected chi connectivity index (χ3v) is 4.68. The van der Waals surface area contributed by atoms with E-state index in [1.165, 1.54) is 0 Å². The van der Waals surface area contributed by atoms with E-state index in [2.05, 4.69) is 0 Å². The van der Waals surface area contributed by atoms with Gasteiger partial charge < -0.3 is 16.2 Å². The van der Waals surface area contributed by atoms with Gasteiger partial charge in [0.15, 0.2) is 0 Å². The molecule has 1 aromatic rings. The summed E-state index contributed by atoms with van der Waals surface area (Å²) in [5.41, 5.74) is 11.2. The van der Waals surface area contributed by atoms with Gasteiger partial charge in [0.25, 0.3) is 0 Å². The summed E-state index contributed by atoms with van der Waals surface area (Å²) in [5, 5.41) is 0. The number of nitrogens with two attached hydrogens (primary N) is 2. The van der Waals surface area contributed by atoms with Crippen LogP contribution in [0.4, 0.5) is 5.69 Å². The van der Waals surface area contributed by atoms with Crippen LogP contribution in [0, 0.1) is 0 Å². The first kappa shape index (κ1) is 17.3. The van der Waals surface area contributed by atoms with Gasteiger partial charge in [-0.3, -0.25) is 4.79 Å². The third-order valence-electron chi connectivity index (χ3n) is 2.74. The van der Waals surface area contributed by atoms with Gasteiger partial charge >= 0.3 is 0 Å². The van der Waals surface area contributed by atoms with Gasteiger partial charge in [-0.2, -0.15) is 4.31 Å². The van der Waals surface area contributed by atoms with Gasteiger partial charge in [0.1, 0.15) is 12.4 Å². The molecule has 7 nitrogen and oxygen atoms in total. The summed E-state index contributed by atoms with van der Waals surface area (Å²) in [6.07, 6.45) is 0. The molecule has 0 spiro atoms. The minimum Gasteiger partial charge on any atom is -0.492 e. The fraction of sp³-hybridized carbons (Fsp3) is 0.462. The Balaban J connectivity index is 2.62. The van der Waals surface area contributed by atoms with Crippen LogP contribution in [-0.2, 0) is 14.8 Å². The van der Waals surface area contributed by atoms with Crippen molar-refractivity contribution < 1.29 is 17.9 Å². The lowest BCUT2D eigenvalue weighted by atomic mass is 10.3. The molecular weight excluding hydrogens is 294 g/mol. The van der Waals surface area contributed by atoms with E-state index in [1.54, 1.807) is 38.1 Å². The Morgan fingerprint density at radius 1 is 1.29 bits per heavy atom. The van der Waals surface area contributed by atoms with E-state index < -0.39 is 15.9 Å². The van der Waals surface area contributed by atoms with E-state index in [4.69, 9.17) is 16.2 Å². The molecule has 0 aliphatic carbocycles. The molecule has 0 saturated heterocycles. The van der Waals surface area contributed by atoms with E-state index in [-0.39, 0.29) is 24.9 Å². The molecule has 0 fully saturated rings. The summed E-state index contributed by atoms with van der Waals surface area (Å²) in [5.74, 6) is -0.389. The Kier molecular flexibility index (Phi) is 5.98. The Labute approximate surface area is 124 Å². The average Bonchev–Trinajstić information content (AvgIpc) is 2.37. The summed E-state index contributed by atoms with van der Waals surface area (Å²) in [6, 6.07) is 6.30. The van der Waals surface area contributed by atoms with Crippen LogP contribution in [0.25, 0.3) is 0 Å². The molecule has 0 heterocycles. The number of hydrogen-bond donors (Lipinski definition) is 2. The maximum Gasteiger partial charge on any atom is 0.232 e. The molecule has 1 rings (SSSR count). The van der Waals surface area contributed by atoms with Crippen molar-refractivity contribution in [2.75, 3.05) is 24.6 Å². The SMILES string of the molecule is CC(C)N(CC(N)=O)S(=O)(=O)CCOc1ccc(N)cc1. The Morgan fingerprint density at radius 3 is 2.33 bits per heavy atom. The lowest BCUT2D eigenvalue weighted by Gasteiger charge is -2.24. The molecular formula is C13H21N3O4S. The highest BCUT2D eigenvalue weighted by Gasteiger charge is 2.26. The van der Waals surface area contributed by atoms with Gasteiger partial charge in [-0.1, -0.05) is 0 Å². The normalized spacial score (nSPS) is 11.8. The highest BCUT2D eigenvalue weighted by atomic mass is 32.2. The minimum absolute atomic E-state index is 0.0196. The molecule has 1 aromatic carbocycles. The molecule has 0 aliphatic rings. The summed E-state index contributed by atoms with van der Waals surface area (Å²) in [4.78, 5) is 11.0. The molecule has 0 atom stereocenters. The molecule has 0 bridgehead atoms. The van der Waals surface area contributed by atoms with Gasteiger partial charge in [-0.25, -0.2) is 8.42 Å². The van der Waals surface area contributed by atoms with Crippen molar-refractivity contribution in [1.82, 2.24) is 4.31 Å². The number of benzene rings is 1. The first-order chi connectivity index (χ1) is 9.72. The van der Waals surface area contributed by atoms with Gasteiger partial charge in [-0.05, 0) is 38.1 Å². The Morgan fingerprint density at radius 2 is 1.86 bits per heavy atom. The van der Waals surface area contributed by atoms with E-state index in [0.717, 1.165) is 4.31 Å². The predicted octanol–water partition coefficient (Wildman–Crippen LogP) is 0.173. The number of ether oxygens (including phenoxy) is 1. The molecule has 0 saturated carbocycles. The second-order valence-corrected chi connectivity index (χ2v) is 6.88. The van der Waals surface area contributed by atoms with Crippen LogP contribution in [0.15, 0.2) is 24.3 Å². The van der Waals surface area contributed by atoms with Gasteiger partial charge in [-0.15, -0.1) is 0 Å². The predicted molar refractivity (Wildman–Crippen MR) is 81.2 cm³/mol. The minimum atomic E-state index is -3.61. The second kappa shape index (κ2) is 7.28. The maximum absolute atomic E-state index is 12.2. The van der Waals surface area contributed by atoms with Gasteiger partial charge in [0.05, 0.1) is 12.3 Å². The van der Waals surface area contributed by atoms with Crippen molar-refractivity contribution in [1.29, 1.82) is 0 Å². The summed E-state index contributed by atoms with van der Waals surface area (Å²) in [7, 11) is -3.61. The quantitative estimate of drug-likeness (QED) is 0.664. The van der Waals surface area contributed by atoms with E-state index in [0.29, 0.717) is 11.4 Å². The largest absolute Gasteiger partial charge is 0.492 e. The van der Waals surface area contributed by atoms with Crippen LogP contribution in [0.5, 0.6) is 5.75 Å². The molecule has 118 valence electrons. The number of nitrogen functional groups attached to an aromatic ring is 1. The molecule has 4 N–H and O–H groups in total. The third kappa shape index (κ3) is 5.60. The number of amides is 1. The van der Waals surface area contributed by atoms with Gasteiger partial charge in [0.2, 0.25) is 15.9 Å². The van der Waals surface area contributed by atoms with Crippen molar-refractivity contribution in [2.45, 2.75) is 19.9 Å². The number of hydrogen-bond acceptors (Lipinski definition) is 5. The molecule has 0 aliphatic heterocycles. The standard InChI is InChI=1S/C13H21N3O4S/c1-10(2)16(9-13(15)17)21(18,19)8-7-20-12-5-3-11(14)4-6-12/h3-6,10H,7-9,14H2,1-2H3,(H2,15,17). The lowest BCUT2D eigenvalue weighted by Crippen LogP contribution is -2.44. The number of carbonyl (C=O) groups excluding carboxylic acids is 1. The van der Waals surface area contributed by atoms with E-state index in [1.807, 2.05) is 0 Å². The molecule has 0 aromatic heterocycles. The number of sulfonamides is 1. The topological polar surface area (TPSA) is 116 Å². The zero-order valence-corrected chi connectivity index (χ0v) is 13.0. The van der Waals surface area contributed by atoms with Crippen LogP contribution < -0.4 is 16.2 Å². The van der Waals surface area contributed by atoms with Crippen molar-refractivity contribution in [3.05, 3.63) is 24.3 Å². The average molecular weight is 315 g/mol. The molecule has 0 radical (unpaired) electrons. The first-order valence-electron chi connectivity index (χ1n) is 6.48. The smallest absolute Gasteiger partial charge is 0.232 e. The van der Waals surface area contributed by atoms with Crippen molar-refractivity contribution in [2.24, 2.45) is 5.73 Å². The number of carbonyl (C=O) groups is 1. The van der Waals surface area contributed by atoms with Crippen LogP contribution in [0.2, 0.25) is 0 Å². The fourth-order valence-corrected chi connectivity index (χ4v) is 3.20. The highest BCUT2D eigenvalue weighted by Crippen LogP contribution is 2.14. The van der Waals surface area contributed by atoms with E-state index >= 15 is 0 Å². The lowest BCUT2D eigenvalue weighted by molar-refractivity contribution is -0.118. The Bertz CT molecular complexity index is 570. The molecule has 8 heteroatoms. The molecule has 21 heavy (non-hydrogen) atoms. The van der Waals surface area contributed by atoms with Crippen LogP contribution in [-0.4, -0.2) is 43.6 Å². The number of rotatable bonds is 8. The molecule has 1 amide bonds. The maximum atomic E-state index is 12.2. The van der Waals surface area contributed by atoms with E-state index in [9.17, 15) is 13.2 Å². The van der Waals surface area contributed by atoms with Crippen LogP contribution >= 0.6 is 0 Å². The number of anilines is 1. The monoisotopic (exact) mass is 315 g/mol. The summed E-state index contributed by atoms with van der Waals surface area (Å²) < 4.78 is 30.8. The zero-order valence-electron chi connectivity index (χ0n) is 12.2. The van der Waals surface area contributed by atoms with Gasteiger partial charge in [0, 0.05) is 11.7 Å².